The summed E-state index contributed by atoms with van der Waals surface area (Å²) >= 11 is 10.3. The zero-order valence-corrected chi connectivity index (χ0v) is 31.3. The Balaban J connectivity index is 1.54. The molecule has 0 spiro atoms. The summed E-state index contributed by atoms with van der Waals surface area (Å²) in [5, 5.41) is -0.159. The maximum absolute atomic E-state index is 11.6. The lowest BCUT2D eigenvalue weighted by Gasteiger charge is -2.45. The van der Waals surface area contributed by atoms with Crippen molar-refractivity contribution in [2.75, 3.05) is 19.8 Å². The van der Waals surface area contributed by atoms with Crippen LogP contribution in [0.15, 0.2) is 34.8 Å². The average molecular weight is 713 g/mol. The molecule has 43 heavy (non-hydrogen) atoms. The third-order valence-corrected chi connectivity index (χ3v) is 15.0. The fourth-order valence-electron chi connectivity index (χ4n) is 5.36. The molecule has 3 aromatic rings. The van der Waals surface area contributed by atoms with Crippen molar-refractivity contribution in [1.82, 2.24) is 14.5 Å². The molecule has 0 radical (unpaired) electrons. The first-order valence-corrected chi connectivity index (χ1v) is 21.7. The molecule has 238 valence electrons. The smallest absolute Gasteiger partial charge is 0.346 e. The van der Waals surface area contributed by atoms with Crippen molar-refractivity contribution in [3.63, 3.8) is 0 Å². The van der Waals surface area contributed by atoms with Gasteiger partial charge in [0, 0.05) is 41.2 Å². The Labute approximate surface area is 271 Å². The number of pyridine rings is 1. The molecule has 12 heteroatoms. The fraction of sp³-hybridized carbons (Fsp3) is 0.613. The molecule has 2 atom stereocenters. The van der Waals surface area contributed by atoms with Gasteiger partial charge in [-0.15, -0.1) is 0 Å². The Hall–Kier alpha value is -1.32. The zero-order valence-electron chi connectivity index (χ0n) is 27.0. The largest absolute Gasteiger partial charge is 0.459 e. The molecule has 1 aliphatic rings. The highest BCUT2D eigenvalue weighted by Crippen LogP contribution is 2.50. The maximum Gasteiger partial charge on any atom is 0.346 e. The standard InChI is InChI=1S/C31H47BrClN3O5Si2/c1-30(2,3)43(37,31(4,5)6)40-19-23-16-24(18-39-23)41-29-35-28-26(36(29)20-38-14-15-42(7,8)9)17-25(33)27(34-28)21-10-12-22(32)13-11-21/h10-13,17,23-24,37H,14-16,18-20H2,1-9H3. The summed E-state index contributed by atoms with van der Waals surface area (Å²) < 4.78 is 27.9. The van der Waals surface area contributed by atoms with Crippen molar-refractivity contribution in [2.24, 2.45) is 0 Å². The molecule has 0 saturated carbocycles. The van der Waals surface area contributed by atoms with E-state index in [-0.39, 0.29) is 29.0 Å². The van der Waals surface area contributed by atoms with E-state index in [9.17, 15) is 4.80 Å². The highest BCUT2D eigenvalue weighted by Gasteiger charge is 2.56. The van der Waals surface area contributed by atoms with Crippen LogP contribution < -0.4 is 4.74 Å². The number of aromatic nitrogens is 3. The number of imidazole rings is 1. The van der Waals surface area contributed by atoms with Crippen LogP contribution in [-0.2, 0) is 20.6 Å². The van der Waals surface area contributed by atoms with E-state index in [1.165, 1.54) is 0 Å². The normalized spacial score (nSPS) is 18.5. The predicted molar refractivity (Wildman–Crippen MR) is 182 cm³/mol. The molecule has 1 aliphatic heterocycles. The molecule has 2 unspecified atom stereocenters. The molecule has 0 aliphatic carbocycles. The number of rotatable bonds is 11. The Bertz CT molecular complexity index is 1390. The van der Waals surface area contributed by atoms with Gasteiger partial charge in [-0.05, 0) is 24.2 Å². The molecular formula is C31H47BrClN3O5Si2. The second-order valence-corrected chi connectivity index (χ2v) is 26.2. The zero-order chi connectivity index (χ0) is 31.8. The molecule has 2 aromatic heterocycles. The Kier molecular flexibility index (Phi) is 10.6. The van der Waals surface area contributed by atoms with Gasteiger partial charge in [-0.3, -0.25) is 4.57 Å². The minimum Gasteiger partial charge on any atom is -0.459 e. The lowest BCUT2D eigenvalue weighted by molar-refractivity contribution is 0.0407. The van der Waals surface area contributed by atoms with Crippen molar-refractivity contribution in [2.45, 2.75) is 103 Å². The number of halogens is 2. The van der Waals surface area contributed by atoms with E-state index in [2.05, 4.69) is 35.6 Å². The first-order valence-electron chi connectivity index (χ1n) is 14.9. The summed E-state index contributed by atoms with van der Waals surface area (Å²) in [5.41, 5.74) is 2.85. The fourth-order valence-corrected chi connectivity index (χ4v) is 10.2. The van der Waals surface area contributed by atoms with Crippen LogP contribution in [0.1, 0.15) is 48.0 Å². The topological polar surface area (TPSA) is 87.9 Å². The van der Waals surface area contributed by atoms with E-state index in [0.29, 0.717) is 48.6 Å². The summed E-state index contributed by atoms with van der Waals surface area (Å²) in [6.45, 7) is 20.9. The Morgan fingerprint density at radius 1 is 1.07 bits per heavy atom. The van der Waals surface area contributed by atoms with E-state index in [4.69, 9.17) is 40.2 Å². The molecular weight excluding hydrogens is 666 g/mol. The van der Waals surface area contributed by atoms with E-state index in [1.54, 1.807) is 0 Å². The first-order chi connectivity index (χ1) is 19.9. The van der Waals surface area contributed by atoms with Crippen LogP contribution in [0.3, 0.4) is 0 Å². The molecule has 0 bridgehead atoms. The van der Waals surface area contributed by atoms with Gasteiger partial charge in [-0.25, -0.2) is 4.98 Å². The van der Waals surface area contributed by atoms with Gasteiger partial charge >= 0.3 is 14.6 Å². The molecule has 0 amide bonds. The van der Waals surface area contributed by atoms with Gasteiger partial charge in [0.05, 0.1) is 35.6 Å². The van der Waals surface area contributed by atoms with Crippen molar-refractivity contribution in [3.05, 3.63) is 39.8 Å². The number of ether oxygens (including phenoxy) is 3. The molecule has 1 saturated heterocycles. The molecule has 4 rings (SSSR count). The summed E-state index contributed by atoms with van der Waals surface area (Å²) in [6, 6.07) is 11.2. The minimum absolute atomic E-state index is 0.184. The van der Waals surface area contributed by atoms with Crippen LogP contribution in [0.5, 0.6) is 6.01 Å². The van der Waals surface area contributed by atoms with Gasteiger partial charge in [-0.1, -0.05) is 101 Å². The van der Waals surface area contributed by atoms with Gasteiger partial charge < -0.3 is 23.4 Å². The van der Waals surface area contributed by atoms with Crippen LogP contribution in [0.4, 0.5) is 0 Å². The second-order valence-electron chi connectivity index (χ2n) is 14.7. The van der Waals surface area contributed by atoms with Crippen LogP contribution in [-0.4, -0.2) is 68.0 Å². The number of nitrogens with zero attached hydrogens (tertiary/aromatic N) is 3. The van der Waals surface area contributed by atoms with Gasteiger partial charge in [0.2, 0.25) is 0 Å². The highest BCUT2D eigenvalue weighted by atomic mass is 79.9. The number of hydrogen-bond donors (Lipinski definition) is 1. The monoisotopic (exact) mass is 711 g/mol. The summed E-state index contributed by atoms with van der Waals surface area (Å²) in [4.78, 5) is 21.3. The van der Waals surface area contributed by atoms with Gasteiger partial charge in [0.1, 0.15) is 12.8 Å². The van der Waals surface area contributed by atoms with Crippen LogP contribution >= 0.6 is 27.5 Å². The van der Waals surface area contributed by atoms with Crippen LogP contribution in [0, 0.1) is 0 Å². The van der Waals surface area contributed by atoms with E-state index < -0.39 is 16.6 Å². The van der Waals surface area contributed by atoms with Crippen LogP contribution in [0.25, 0.3) is 22.4 Å². The SMILES string of the molecule is CC(C)(C)[Si](O)(OCC1CC(Oc2nc3nc(-c4ccc(Br)cc4)c(Cl)cc3n2COCC[Si](C)(C)C)CO1)C(C)(C)C. The molecule has 1 fully saturated rings. The minimum atomic E-state index is -3.10. The third kappa shape index (κ3) is 8.29. The van der Waals surface area contributed by atoms with Crippen molar-refractivity contribution in [3.8, 4) is 17.3 Å². The Morgan fingerprint density at radius 2 is 1.72 bits per heavy atom. The van der Waals surface area contributed by atoms with Gasteiger partial charge in [-0.2, -0.15) is 4.98 Å². The summed E-state index contributed by atoms with van der Waals surface area (Å²) in [6.07, 6.45) is 0.208. The Morgan fingerprint density at radius 3 is 2.33 bits per heavy atom. The van der Waals surface area contributed by atoms with E-state index in [0.717, 1.165) is 21.6 Å². The van der Waals surface area contributed by atoms with Crippen molar-refractivity contribution in [1.29, 1.82) is 0 Å². The number of fused-ring (bicyclic) bond motifs is 1. The molecule has 1 aromatic carbocycles. The second kappa shape index (κ2) is 13.2. The lowest BCUT2D eigenvalue weighted by Crippen LogP contribution is -2.55. The van der Waals surface area contributed by atoms with E-state index >= 15 is 0 Å². The third-order valence-electron chi connectivity index (χ3n) is 7.82. The van der Waals surface area contributed by atoms with Gasteiger partial charge in [0.15, 0.2) is 5.65 Å². The summed E-state index contributed by atoms with van der Waals surface area (Å²) in [5.74, 6) is 0. The van der Waals surface area contributed by atoms with Crippen molar-refractivity contribution >= 4 is 55.3 Å². The predicted octanol–water partition coefficient (Wildman–Crippen LogP) is 8.41. The molecule has 3 heterocycles. The molecule has 8 nitrogen and oxygen atoms in total. The van der Waals surface area contributed by atoms with Crippen molar-refractivity contribution < 1.29 is 23.4 Å². The van der Waals surface area contributed by atoms with E-state index in [1.807, 2.05) is 76.4 Å². The first kappa shape index (κ1) is 34.6. The van der Waals surface area contributed by atoms with Crippen LogP contribution in [0.2, 0.25) is 40.8 Å². The summed E-state index contributed by atoms with van der Waals surface area (Å²) in [7, 11) is -4.34. The quantitative estimate of drug-likeness (QED) is 0.158. The number of hydrogen-bond acceptors (Lipinski definition) is 7. The average Bonchev–Trinajstić information content (AvgIpc) is 3.47. The molecule has 1 N–H and O–H groups in total. The highest BCUT2D eigenvalue weighted by molar-refractivity contribution is 9.10. The number of benzene rings is 1. The lowest BCUT2D eigenvalue weighted by atomic mass is 10.1. The maximum atomic E-state index is 11.6. The van der Waals surface area contributed by atoms with Gasteiger partial charge in [0.25, 0.3) is 0 Å².